The molecule has 56 heavy (non-hydrogen) atoms. The molecule has 1 aliphatic rings. The van der Waals surface area contributed by atoms with Gasteiger partial charge in [0.1, 0.15) is 29.4 Å². The molecule has 2 heterocycles. The summed E-state index contributed by atoms with van der Waals surface area (Å²) in [4.78, 5) is 39.9. The first-order valence-corrected chi connectivity index (χ1v) is 19.5. The van der Waals surface area contributed by atoms with E-state index in [0.29, 0.717) is 11.5 Å². The number of hydrogen-bond donors (Lipinski definition) is 1. The van der Waals surface area contributed by atoms with E-state index in [1.54, 1.807) is 14.2 Å². The van der Waals surface area contributed by atoms with E-state index in [1.807, 2.05) is 107 Å². The Morgan fingerprint density at radius 3 is 2.04 bits per heavy atom. The average Bonchev–Trinajstić information content (AvgIpc) is 3.58. The Labute approximate surface area is 327 Å². The highest BCUT2D eigenvalue weighted by atomic mass is 31.2. The SMILES string of the molecule is COc1ccc(C(OC[C@H]2O[C@@H](n3cc(OC(C)=O)c(=O)[nH]c3=O)C[C@@H]2OP(OCCC#N)N(C(C)C)C(C)C)(c2ccccc2)c2ccc(OC)cc2)cc1. The van der Waals surface area contributed by atoms with Crippen LogP contribution < -0.4 is 25.5 Å². The van der Waals surface area contributed by atoms with Gasteiger partial charge in [0, 0.05) is 25.4 Å². The molecule has 1 saturated heterocycles. The molecule has 0 radical (unpaired) electrons. The topological polar surface area (TPSA) is 164 Å². The average molecular weight is 789 g/mol. The number of aromatic nitrogens is 2. The number of nitriles is 1. The molecule has 4 aromatic rings. The Bertz CT molecular complexity index is 1990. The van der Waals surface area contributed by atoms with E-state index in [1.165, 1.54) is 4.57 Å². The van der Waals surface area contributed by atoms with E-state index in [-0.39, 0.29) is 43.9 Å². The van der Waals surface area contributed by atoms with E-state index in [4.69, 9.17) is 32.7 Å². The lowest BCUT2D eigenvalue weighted by Gasteiger charge is -2.39. The third kappa shape index (κ3) is 9.73. The summed E-state index contributed by atoms with van der Waals surface area (Å²) < 4.78 is 46.4. The van der Waals surface area contributed by atoms with Gasteiger partial charge in [-0.2, -0.15) is 5.26 Å². The van der Waals surface area contributed by atoms with Crippen molar-refractivity contribution in [3.05, 3.63) is 123 Å². The summed E-state index contributed by atoms with van der Waals surface area (Å²) in [5, 5.41) is 9.32. The summed E-state index contributed by atoms with van der Waals surface area (Å²) in [5.41, 5.74) is -0.366. The van der Waals surface area contributed by atoms with Gasteiger partial charge in [0.15, 0.2) is 0 Å². The van der Waals surface area contributed by atoms with Crippen LogP contribution in [0.2, 0.25) is 0 Å². The van der Waals surface area contributed by atoms with Gasteiger partial charge in [0.05, 0.1) is 52.2 Å². The zero-order valence-corrected chi connectivity index (χ0v) is 33.6. The standard InChI is InChI=1S/C41H49N4O10P/c1-27(2)45(28(3)4)56(52-23-11-22-42)55-35-24-38(44-25-36(53-29(5)46)39(47)43-40(44)48)54-37(35)26-51-41(30-12-9-8-10-13-30,31-14-18-33(49-6)19-15-31)32-16-20-34(50-7)21-17-32/h8-10,12-21,25,27-28,35,37-38H,11,23-24,26H2,1-7H3,(H,43,47,48)/t35-,37+,38+,56?/m0/s1. The molecule has 4 atom stereocenters. The smallest absolute Gasteiger partial charge is 0.330 e. The fourth-order valence-electron chi connectivity index (χ4n) is 6.73. The van der Waals surface area contributed by atoms with Crippen molar-refractivity contribution in [1.29, 1.82) is 5.26 Å². The maximum absolute atomic E-state index is 13.3. The second-order valence-corrected chi connectivity index (χ2v) is 15.0. The molecular formula is C41H49N4O10P. The summed E-state index contributed by atoms with van der Waals surface area (Å²) >= 11 is 0. The Morgan fingerprint density at radius 1 is 0.946 bits per heavy atom. The highest BCUT2D eigenvalue weighted by molar-refractivity contribution is 7.44. The van der Waals surface area contributed by atoms with Gasteiger partial charge in [-0.1, -0.05) is 54.6 Å². The van der Waals surface area contributed by atoms with Crippen molar-refractivity contribution in [2.45, 2.75) is 83.6 Å². The Balaban J connectivity index is 1.62. The highest BCUT2D eigenvalue weighted by Gasteiger charge is 2.45. The number of carbonyl (C=O) groups is 1. The number of methoxy groups -OCH3 is 2. The number of esters is 1. The van der Waals surface area contributed by atoms with Crippen LogP contribution in [0.1, 0.15) is 70.4 Å². The van der Waals surface area contributed by atoms with Crippen LogP contribution in [0.4, 0.5) is 0 Å². The van der Waals surface area contributed by atoms with Crippen LogP contribution in [0.25, 0.3) is 0 Å². The van der Waals surface area contributed by atoms with Gasteiger partial charge < -0.3 is 32.7 Å². The van der Waals surface area contributed by atoms with Gasteiger partial charge in [-0.25, -0.2) is 9.46 Å². The van der Waals surface area contributed by atoms with Gasteiger partial charge in [-0.05, 0) is 68.7 Å². The largest absolute Gasteiger partial charge is 0.497 e. The summed E-state index contributed by atoms with van der Waals surface area (Å²) in [6.07, 6.45) is -1.03. The molecule has 0 aliphatic carbocycles. The maximum Gasteiger partial charge on any atom is 0.330 e. The van der Waals surface area contributed by atoms with E-state index >= 15 is 0 Å². The zero-order valence-electron chi connectivity index (χ0n) is 32.7. The molecule has 14 nitrogen and oxygen atoms in total. The third-order valence-electron chi connectivity index (χ3n) is 9.20. The predicted octanol–water partition coefficient (Wildman–Crippen LogP) is 6.44. The van der Waals surface area contributed by atoms with Crippen LogP contribution >= 0.6 is 8.53 Å². The lowest BCUT2D eigenvalue weighted by molar-refractivity contribution is -0.132. The lowest BCUT2D eigenvalue weighted by Crippen LogP contribution is -2.39. The van der Waals surface area contributed by atoms with Crippen molar-refractivity contribution in [2.24, 2.45) is 0 Å². The minimum absolute atomic E-state index is 0.0139. The molecule has 1 aliphatic heterocycles. The molecule has 0 amide bonds. The monoisotopic (exact) mass is 788 g/mol. The van der Waals surface area contributed by atoms with Gasteiger partial charge in [-0.15, -0.1) is 0 Å². The number of benzene rings is 3. The Morgan fingerprint density at radius 2 is 1.52 bits per heavy atom. The Kier molecular flexibility index (Phi) is 14.6. The van der Waals surface area contributed by atoms with Gasteiger partial charge in [0.25, 0.3) is 14.1 Å². The molecule has 0 bridgehead atoms. The molecule has 5 rings (SSSR count). The number of carbonyl (C=O) groups excluding carboxylic acids is 1. The van der Waals surface area contributed by atoms with E-state index < -0.39 is 49.8 Å². The molecule has 3 aromatic carbocycles. The normalized spacial score (nSPS) is 17.6. The molecule has 1 unspecified atom stereocenters. The zero-order chi connectivity index (χ0) is 40.4. The number of ether oxygens (including phenoxy) is 5. The molecule has 1 fully saturated rings. The lowest BCUT2D eigenvalue weighted by atomic mass is 9.80. The second-order valence-electron chi connectivity index (χ2n) is 13.6. The quantitative estimate of drug-likeness (QED) is 0.0509. The number of nitrogens with zero attached hydrogens (tertiary/aromatic N) is 3. The molecule has 0 spiro atoms. The molecule has 298 valence electrons. The van der Waals surface area contributed by atoms with Crippen LogP contribution in [0, 0.1) is 11.3 Å². The van der Waals surface area contributed by atoms with Gasteiger partial charge in [0.2, 0.25) is 5.75 Å². The van der Waals surface area contributed by atoms with E-state index in [2.05, 4.69) is 15.7 Å². The first-order chi connectivity index (χ1) is 26.9. The molecule has 15 heteroatoms. The number of aromatic amines is 1. The van der Waals surface area contributed by atoms with Crippen molar-refractivity contribution in [3.8, 4) is 23.3 Å². The van der Waals surface area contributed by atoms with Crippen molar-refractivity contribution in [3.63, 3.8) is 0 Å². The molecular weight excluding hydrogens is 739 g/mol. The van der Waals surface area contributed by atoms with Crippen molar-refractivity contribution < 1.29 is 37.5 Å². The second kappa shape index (κ2) is 19.3. The van der Waals surface area contributed by atoms with Crippen molar-refractivity contribution >= 4 is 14.5 Å². The number of H-pyrrole nitrogens is 1. The predicted molar refractivity (Wildman–Crippen MR) is 210 cm³/mol. The summed E-state index contributed by atoms with van der Waals surface area (Å²) in [6.45, 7) is 9.41. The summed E-state index contributed by atoms with van der Waals surface area (Å²) in [5.74, 6) is 0.264. The molecule has 1 N–H and O–H groups in total. The van der Waals surface area contributed by atoms with Crippen LogP contribution in [-0.2, 0) is 28.9 Å². The van der Waals surface area contributed by atoms with Crippen molar-refractivity contribution in [1.82, 2.24) is 14.2 Å². The number of nitrogens with one attached hydrogen (secondary N) is 1. The van der Waals surface area contributed by atoms with Crippen LogP contribution in [0.15, 0.2) is 94.6 Å². The maximum atomic E-state index is 13.3. The molecule has 1 aromatic heterocycles. The minimum Gasteiger partial charge on any atom is -0.497 e. The fourth-order valence-corrected chi connectivity index (χ4v) is 8.49. The van der Waals surface area contributed by atoms with Crippen LogP contribution in [0.5, 0.6) is 17.2 Å². The van der Waals surface area contributed by atoms with Crippen molar-refractivity contribution in [2.75, 3.05) is 27.4 Å². The van der Waals surface area contributed by atoms with Crippen LogP contribution in [-0.4, -0.2) is 71.9 Å². The number of rotatable bonds is 18. The molecule has 0 saturated carbocycles. The first kappa shape index (κ1) is 42.3. The minimum atomic E-state index is -1.75. The highest BCUT2D eigenvalue weighted by Crippen LogP contribution is 2.50. The fraction of sp³-hybridized carbons (Fsp3) is 0.415. The number of hydrogen-bond acceptors (Lipinski definition) is 12. The van der Waals surface area contributed by atoms with E-state index in [9.17, 15) is 19.6 Å². The van der Waals surface area contributed by atoms with Crippen LogP contribution in [0.3, 0.4) is 0 Å². The van der Waals surface area contributed by atoms with Gasteiger partial charge >= 0.3 is 11.7 Å². The summed E-state index contributed by atoms with van der Waals surface area (Å²) in [7, 11) is 1.46. The van der Waals surface area contributed by atoms with Gasteiger partial charge in [-0.3, -0.25) is 19.1 Å². The third-order valence-corrected chi connectivity index (χ3v) is 11.4. The van der Waals surface area contributed by atoms with E-state index in [0.717, 1.165) is 29.8 Å². The Hall–Kier alpha value is -4.87. The summed E-state index contributed by atoms with van der Waals surface area (Å²) in [6, 6.07) is 27.2. The first-order valence-electron chi connectivity index (χ1n) is 18.3.